The molecule has 0 saturated carbocycles. The van der Waals surface area contributed by atoms with Crippen LogP contribution in [0, 0.1) is 0 Å². The number of methoxy groups -OCH3 is 1. The van der Waals surface area contributed by atoms with Crippen LogP contribution in [-0.4, -0.2) is 24.1 Å². The highest BCUT2D eigenvalue weighted by atomic mass is 19.4. The topological polar surface area (TPSA) is 12.5 Å². The van der Waals surface area contributed by atoms with Crippen molar-refractivity contribution >= 4 is 0 Å². The molecule has 2 aromatic carbocycles. The van der Waals surface area contributed by atoms with Gasteiger partial charge < -0.3 is 4.74 Å². The molecule has 5 heteroatoms. The van der Waals surface area contributed by atoms with Crippen LogP contribution < -0.4 is 4.74 Å². The zero-order valence-corrected chi connectivity index (χ0v) is 15.4. The highest BCUT2D eigenvalue weighted by Gasteiger charge is 2.41. The molecule has 2 nitrogen and oxygen atoms in total. The molecule has 2 fully saturated rings. The van der Waals surface area contributed by atoms with E-state index in [-0.39, 0.29) is 0 Å². The van der Waals surface area contributed by atoms with Gasteiger partial charge in [0.2, 0.25) is 0 Å². The SMILES string of the molecule is COc1cccc(CN2[C@@H]3CC[C@H]2CC(c2ccc(C(F)(F)F)cc2)C3)c1. The summed E-state index contributed by atoms with van der Waals surface area (Å²) < 4.78 is 43.7. The second-order valence-corrected chi connectivity index (χ2v) is 7.70. The fourth-order valence-electron chi connectivity index (χ4n) is 4.73. The molecule has 4 rings (SSSR count). The number of piperidine rings is 1. The van der Waals surface area contributed by atoms with E-state index in [0.717, 1.165) is 30.7 Å². The van der Waals surface area contributed by atoms with Gasteiger partial charge in [0, 0.05) is 18.6 Å². The van der Waals surface area contributed by atoms with E-state index in [2.05, 4.69) is 17.0 Å². The number of rotatable bonds is 4. The first-order valence-electron chi connectivity index (χ1n) is 9.50. The normalized spacial score (nSPS) is 25.6. The van der Waals surface area contributed by atoms with Gasteiger partial charge in [-0.15, -0.1) is 0 Å². The third kappa shape index (κ3) is 3.84. The Hall–Kier alpha value is -2.01. The first kappa shape index (κ1) is 18.4. The molecule has 0 spiro atoms. The monoisotopic (exact) mass is 375 g/mol. The van der Waals surface area contributed by atoms with Gasteiger partial charge in [0.25, 0.3) is 0 Å². The molecular formula is C22H24F3NO. The lowest BCUT2D eigenvalue weighted by Crippen LogP contribution is -2.41. The van der Waals surface area contributed by atoms with E-state index in [1.54, 1.807) is 19.2 Å². The molecule has 27 heavy (non-hydrogen) atoms. The lowest BCUT2D eigenvalue weighted by atomic mass is 9.84. The molecule has 2 aliphatic heterocycles. The van der Waals surface area contributed by atoms with E-state index in [4.69, 9.17) is 4.74 Å². The minimum absolute atomic E-state index is 0.353. The number of benzene rings is 2. The average Bonchev–Trinajstić information content (AvgIpc) is 2.89. The van der Waals surface area contributed by atoms with Crippen molar-refractivity contribution in [1.29, 1.82) is 0 Å². The van der Waals surface area contributed by atoms with Crippen molar-refractivity contribution < 1.29 is 17.9 Å². The summed E-state index contributed by atoms with van der Waals surface area (Å²) in [6.45, 7) is 0.909. The fourth-order valence-corrected chi connectivity index (χ4v) is 4.73. The second kappa shape index (κ2) is 7.19. The van der Waals surface area contributed by atoms with Crippen LogP contribution in [-0.2, 0) is 12.7 Å². The van der Waals surface area contributed by atoms with Crippen LogP contribution in [0.2, 0.25) is 0 Å². The summed E-state index contributed by atoms with van der Waals surface area (Å²) in [4.78, 5) is 2.58. The lowest BCUT2D eigenvalue weighted by Gasteiger charge is -2.39. The second-order valence-electron chi connectivity index (χ2n) is 7.70. The van der Waals surface area contributed by atoms with Gasteiger partial charge >= 0.3 is 6.18 Å². The number of hydrogen-bond donors (Lipinski definition) is 0. The van der Waals surface area contributed by atoms with Crippen LogP contribution in [0.5, 0.6) is 5.75 Å². The molecule has 0 aromatic heterocycles. The van der Waals surface area contributed by atoms with Gasteiger partial charge in [-0.25, -0.2) is 0 Å². The van der Waals surface area contributed by atoms with Gasteiger partial charge in [0.1, 0.15) is 5.75 Å². The molecule has 0 N–H and O–H groups in total. The minimum Gasteiger partial charge on any atom is -0.497 e. The zero-order chi connectivity index (χ0) is 19.0. The van der Waals surface area contributed by atoms with Crippen LogP contribution in [0.4, 0.5) is 13.2 Å². The fraction of sp³-hybridized carbons (Fsp3) is 0.455. The van der Waals surface area contributed by atoms with Gasteiger partial charge in [-0.3, -0.25) is 4.90 Å². The molecule has 0 amide bonds. The van der Waals surface area contributed by atoms with Crippen molar-refractivity contribution in [2.45, 2.75) is 56.4 Å². The predicted molar refractivity (Wildman–Crippen MR) is 98.8 cm³/mol. The Morgan fingerprint density at radius 2 is 1.67 bits per heavy atom. The summed E-state index contributed by atoms with van der Waals surface area (Å²) in [5, 5.41) is 0. The number of halogens is 3. The minimum atomic E-state index is -4.27. The average molecular weight is 375 g/mol. The summed E-state index contributed by atoms with van der Waals surface area (Å²) in [5.41, 5.74) is 1.73. The Morgan fingerprint density at radius 3 is 2.26 bits per heavy atom. The summed E-state index contributed by atoms with van der Waals surface area (Å²) in [6.07, 6.45) is 0.118. The summed E-state index contributed by atoms with van der Waals surface area (Å²) in [7, 11) is 1.68. The molecule has 2 aliphatic rings. The lowest BCUT2D eigenvalue weighted by molar-refractivity contribution is -0.137. The van der Waals surface area contributed by atoms with E-state index < -0.39 is 11.7 Å². The van der Waals surface area contributed by atoms with Gasteiger partial charge in [0.15, 0.2) is 0 Å². The summed E-state index contributed by atoms with van der Waals surface area (Å²) in [5.74, 6) is 1.23. The van der Waals surface area contributed by atoms with E-state index in [0.29, 0.717) is 18.0 Å². The predicted octanol–water partition coefficient (Wildman–Crippen LogP) is 5.62. The van der Waals surface area contributed by atoms with E-state index >= 15 is 0 Å². The molecule has 2 aromatic rings. The number of hydrogen-bond acceptors (Lipinski definition) is 2. The highest BCUT2D eigenvalue weighted by Crippen LogP contribution is 2.44. The standard InChI is InChI=1S/C22H24F3NO/c1-27-21-4-2-3-15(11-21)14-26-19-9-10-20(26)13-17(12-19)16-5-7-18(8-6-16)22(23,24)25/h2-8,11,17,19-20H,9-10,12-14H2,1H3/t17?,19-,20+. The van der Waals surface area contributed by atoms with Crippen LogP contribution in [0.25, 0.3) is 0 Å². The molecule has 2 bridgehead atoms. The maximum Gasteiger partial charge on any atom is 0.416 e. The third-order valence-electron chi connectivity index (χ3n) is 6.09. The van der Waals surface area contributed by atoms with E-state index in [1.165, 1.54) is 30.5 Å². The molecule has 0 aliphatic carbocycles. The maximum absolute atomic E-state index is 12.8. The smallest absolute Gasteiger partial charge is 0.416 e. The van der Waals surface area contributed by atoms with Gasteiger partial charge in [-0.1, -0.05) is 24.3 Å². The first-order valence-corrected chi connectivity index (χ1v) is 9.50. The number of ether oxygens (including phenoxy) is 1. The van der Waals surface area contributed by atoms with Gasteiger partial charge in [0.05, 0.1) is 12.7 Å². The maximum atomic E-state index is 12.8. The van der Waals surface area contributed by atoms with Crippen molar-refractivity contribution in [3.63, 3.8) is 0 Å². The Bertz CT molecular complexity index is 773. The summed E-state index contributed by atoms with van der Waals surface area (Å²) >= 11 is 0. The van der Waals surface area contributed by atoms with Crippen LogP contribution >= 0.6 is 0 Å². The molecule has 1 unspecified atom stereocenters. The van der Waals surface area contributed by atoms with Gasteiger partial charge in [-0.05, 0) is 67.0 Å². The number of fused-ring (bicyclic) bond motifs is 2. The largest absolute Gasteiger partial charge is 0.497 e. The molecule has 144 valence electrons. The van der Waals surface area contributed by atoms with Crippen molar-refractivity contribution in [3.05, 3.63) is 65.2 Å². The first-order chi connectivity index (χ1) is 12.9. The zero-order valence-electron chi connectivity index (χ0n) is 15.4. The van der Waals surface area contributed by atoms with Crippen molar-refractivity contribution in [1.82, 2.24) is 4.90 Å². The number of alkyl halides is 3. The molecular weight excluding hydrogens is 351 g/mol. The van der Waals surface area contributed by atoms with E-state index in [1.807, 2.05) is 12.1 Å². The Kier molecular flexibility index (Phi) is 4.89. The molecule has 2 saturated heterocycles. The van der Waals surface area contributed by atoms with Crippen molar-refractivity contribution in [3.8, 4) is 5.75 Å². The van der Waals surface area contributed by atoms with Gasteiger partial charge in [-0.2, -0.15) is 13.2 Å². The van der Waals surface area contributed by atoms with Crippen LogP contribution in [0.1, 0.15) is 48.3 Å². The Balaban J connectivity index is 1.45. The molecule has 0 radical (unpaired) electrons. The quantitative estimate of drug-likeness (QED) is 0.687. The Labute approximate surface area is 157 Å². The third-order valence-corrected chi connectivity index (χ3v) is 6.09. The van der Waals surface area contributed by atoms with Crippen molar-refractivity contribution in [2.24, 2.45) is 0 Å². The Morgan fingerprint density at radius 1 is 1.00 bits per heavy atom. The van der Waals surface area contributed by atoms with Crippen LogP contribution in [0.15, 0.2) is 48.5 Å². The highest BCUT2D eigenvalue weighted by molar-refractivity contribution is 5.30. The van der Waals surface area contributed by atoms with Crippen molar-refractivity contribution in [2.75, 3.05) is 7.11 Å². The molecule has 2 heterocycles. The number of nitrogens with zero attached hydrogens (tertiary/aromatic N) is 1. The van der Waals surface area contributed by atoms with Crippen LogP contribution in [0.3, 0.4) is 0 Å². The molecule has 3 atom stereocenters. The van der Waals surface area contributed by atoms with E-state index in [9.17, 15) is 13.2 Å². The summed E-state index contributed by atoms with van der Waals surface area (Å²) in [6, 6.07) is 15.0.